The van der Waals surface area contributed by atoms with Crippen molar-refractivity contribution in [3.05, 3.63) is 90.5 Å². The van der Waals surface area contributed by atoms with Crippen LogP contribution >= 0.6 is 0 Å². The first-order valence-electron chi connectivity index (χ1n) is 12.5. The summed E-state index contributed by atoms with van der Waals surface area (Å²) in [6.07, 6.45) is -11.6. The van der Waals surface area contributed by atoms with Gasteiger partial charge in [0.15, 0.2) is 5.71 Å². The number of ether oxygens (including phenoxy) is 3. The van der Waals surface area contributed by atoms with Gasteiger partial charge in [-0.3, -0.25) is 15.1 Å². The van der Waals surface area contributed by atoms with E-state index in [0.717, 1.165) is 47.4 Å². The van der Waals surface area contributed by atoms with Crippen LogP contribution < -0.4 is 24.5 Å². The maximum atomic E-state index is 13.5. The van der Waals surface area contributed by atoms with E-state index in [1.54, 1.807) is 6.07 Å². The number of benzene rings is 4. The van der Waals surface area contributed by atoms with Crippen LogP contribution in [0.3, 0.4) is 0 Å². The predicted octanol–water partition coefficient (Wildman–Crippen LogP) is 7.41. The first-order chi connectivity index (χ1) is 21.2. The summed E-state index contributed by atoms with van der Waals surface area (Å²) < 4.78 is 89.1. The van der Waals surface area contributed by atoms with Gasteiger partial charge in [0, 0.05) is 16.8 Å². The average Bonchev–Trinajstić information content (AvgIpc) is 3.21. The van der Waals surface area contributed by atoms with Crippen molar-refractivity contribution in [3.63, 3.8) is 0 Å². The summed E-state index contributed by atoms with van der Waals surface area (Å²) in [4.78, 5) is 25.5. The van der Waals surface area contributed by atoms with Crippen molar-refractivity contribution in [1.29, 1.82) is 0 Å². The fraction of sp³-hybridized carbons (Fsp3) is 0.0690. The van der Waals surface area contributed by atoms with Gasteiger partial charge in [0.25, 0.3) is 5.91 Å². The van der Waals surface area contributed by atoms with Gasteiger partial charge in [-0.25, -0.2) is 4.79 Å². The van der Waals surface area contributed by atoms with Crippen molar-refractivity contribution in [1.82, 2.24) is 0 Å². The number of hydrazone groups is 1. The number of amides is 1. The minimum absolute atomic E-state index is 0.0267. The molecular weight excluding hydrogens is 616 g/mol. The molecule has 0 saturated heterocycles. The SMILES string of the molecule is O=C(O)Oc1cccc(-c2cccc(NN=C3C(=O)N(c4ccc(OC(F)(F)F)cc4)c4ccc(OC(F)(F)F)cc43)c2O)c1. The fourth-order valence-electron chi connectivity index (χ4n) is 4.40. The fourth-order valence-corrected chi connectivity index (χ4v) is 4.40. The molecule has 1 heterocycles. The van der Waals surface area contributed by atoms with Crippen molar-refractivity contribution >= 4 is 34.8 Å². The van der Waals surface area contributed by atoms with Crippen molar-refractivity contribution < 1.29 is 60.4 Å². The molecule has 45 heavy (non-hydrogen) atoms. The molecule has 10 nitrogen and oxygen atoms in total. The van der Waals surface area contributed by atoms with E-state index in [1.165, 1.54) is 36.4 Å². The molecule has 232 valence electrons. The van der Waals surface area contributed by atoms with E-state index in [4.69, 9.17) is 5.11 Å². The molecule has 16 heteroatoms. The third-order valence-corrected chi connectivity index (χ3v) is 6.11. The lowest BCUT2D eigenvalue weighted by Crippen LogP contribution is -2.26. The normalized spacial score (nSPS) is 13.9. The van der Waals surface area contributed by atoms with Crippen LogP contribution in [0.2, 0.25) is 0 Å². The molecule has 0 aromatic heterocycles. The van der Waals surface area contributed by atoms with Gasteiger partial charge in [0.05, 0.1) is 11.4 Å². The number of carboxylic acid groups (broad SMARTS) is 1. The Morgan fingerprint density at radius 2 is 1.42 bits per heavy atom. The van der Waals surface area contributed by atoms with Crippen molar-refractivity contribution in [2.75, 3.05) is 10.3 Å². The highest BCUT2D eigenvalue weighted by Gasteiger charge is 2.38. The van der Waals surface area contributed by atoms with Gasteiger partial charge in [-0.2, -0.15) is 5.10 Å². The number of anilines is 3. The Kier molecular flexibility index (Phi) is 7.89. The van der Waals surface area contributed by atoms with E-state index in [-0.39, 0.29) is 39.7 Å². The zero-order valence-electron chi connectivity index (χ0n) is 22.2. The number of carbonyl (C=O) groups is 2. The molecule has 0 radical (unpaired) electrons. The van der Waals surface area contributed by atoms with Crippen LogP contribution in [0, 0.1) is 0 Å². The van der Waals surface area contributed by atoms with Gasteiger partial charge in [-0.15, -0.1) is 26.3 Å². The van der Waals surface area contributed by atoms with E-state index in [0.29, 0.717) is 5.56 Å². The molecule has 4 aromatic carbocycles. The maximum absolute atomic E-state index is 13.5. The standard InChI is InChI=1S/C29H17F6N3O7/c30-28(31,32)44-17-9-7-16(8-10-17)38-23-12-11-19(45-29(33,34)35)14-21(23)24(26(38)40)37-36-22-6-2-5-20(25(22)39)15-3-1-4-18(13-15)43-27(41)42/h1-14,36,39H,(H,41,42). The molecular formula is C29H17F6N3O7. The third-order valence-electron chi connectivity index (χ3n) is 6.11. The Morgan fingerprint density at radius 1 is 0.778 bits per heavy atom. The average molecular weight is 633 g/mol. The maximum Gasteiger partial charge on any atom is 0.573 e. The third kappa shape index (κ3) is 7.01. The van der Waals surface area contributed by atoms with E-state index in [2.05, 4.69) is 24.7 Å². The van der Waals surface area contributed by atoms with Crippen LogP contribution in [0.25, 0.3) is 11.1 Å². The number of para-hydroxylation sites is 1. The largest absolute Gasteiger partial charge is 0.573 e. The number of carbonyl (C=O) groups excluding carboxylic acids is 1. The lowest BCUT2D eigenvalue weighted by atomic mass is 10.0. The molecule has 5 rings (SSSR count). The molecule has 3 N–H and O–H groups in total. The van der Waals surface area contributed by atoms with Gasteiger partial charge in [-0.05, 0) is 66.2 Å². The Bertz CT molecular complexity index is 1810. The minimum atomic E-state index is -5.06. The smallest absolute Gasteiger partial charge is 0.505 e. The Morgan fingerprint density at radius 3 is 2.09 bits per heavy atom. The Hall–Kier alpha value is -5.93. The van der Waals surface area contributed by atoms with Crippen molar-refractivity contribution in [2.45, 2.75) is 12.7 Å². The molecule has 0 atom stereocenters. The number of aromatic hydroxyl groups is 1. The summed E-state index contributed by atoms with van der Waals surface area (Å²) in [6, 6.07) is 17.3. The quantitative estimate of drug-likeness (QED) is 0.0631. The Balaban J connectivity index is 1.51. The summed E-state index contributed by atoms with van der Waals surface area (Å²) in [5, 5.41) is 23.9. The number of halogens is 6. The number of hydrogen-bond acceptors (Lipinski definition) is 8. The van der Waals surface area contributed by atoms with Gasteiger partial charge < -0.3 is 24.4 Å². The first-order valence-corrected chi connectivity index (χ1v) is 12.5. The minimum Gasteiger partial charge on any atom is -0.505 e. The second-order valence-electron chi connectivity index (χ2n) is 9.08. The van der Waals surface area contributed by atoms with Gasteiger partial charge in [-0.1, -0.05) is 24.3 Å². The summed E-state index contributed by atoms with van der Waals surface area (Å²) in [7, 11) is 0. The van der Waals surface area contributed by atoms with Gasteiger partial charge in [0.1, 0.15) is 23.0 Å². The molecule has 1 aliphatic rings. The lowest BCUT2D eigenvalue weighted by molar-refractivity contribution is -0.275. The number of alkyl halides is 6. The van der Waals surface area contributed by atoms with E-state index in [9.17, 15) is 41.0 Å². The van der Waals surface area contributed by atoms with Crippen LogP contribution in [0.1, 0.15) is 5.56 Å². The number of phenolic OH excluding ortho intramolecular Hbond substituents is 1. The number of hydrogen-bond donors (Lipinski definition) is 3. The predicted molar refractivity (Wildman–Crippen MR) is 146 cm³/mol. The molecule has 1 amide bonds. The highest BCUT2D eigenvalue weighted by molar-refractivity contribution is 6.55. The van der Waals surface area contributed by atoms with E-state index >= 15 is 0 Å². The number of nitrogens with zero attached hydrogens (tertiary/aromatic N) is 2. The zero-order valence-corrected chi connectivity index (χ0v) is 22.2. The van der Waals surface area contributed by atoms with Crippen LogP contribution in [0.15, 0.2) is 90.0 Å². The summed E-state index contributed by atoms with van der Waals surface area (Å²) in [5.41, 5.74) is 2.55. The molecule has 0 aliphatic carbocycles. The molecule has 1 aliphatic heterocycles. The highest BCUT2D eigenvalue weighted by atomic mass is 19.4. The highest BCUT2D eigenvalue weighted by Crippen LogP contribution is 2.41. The molecule has 0 bridgehead atoms. The van der Waals surface area contributed by atoms with Crippen molar-refractivity contribution in [3.8, 4) is 34.1 Å². The molecule has 0 spiro atoms. The summed E-state index contributed by atoms with van der Waals surface area (Å²) in [6.45, 7) is 0. The molecule has 0 saturated carbocycles. The number of phenols is 1. The van der Waals surface area contributed by atoms with Crippen LogP contribution in [0.4, 0.5) is 48.2 Å². The first kappa shape index (κ1) is 30.5. The second kappa shape index (κ2) is 11.6. The van der Waals surface area contributed by atoms with Crippen LogP contribution in [-0.4, -0.2) is 40.7 Å². The van der Waals surface area contributed by atoms with E-state index in [1.807, 2.05) is 0 Å². The van der Waals surface area contributed by atoms with Crippen LogP contribution in [0.5, 0.6) is 23.0 Å². The zero-order chi connectivity index (χ0) is 32.5. The Labute approximate surface area is 248 Å². The van der Waals surface area contributed by atoms with E-state index < -0.39 is 42.0 Å². The van der Waals surface area contributed by atoms with Gasteiger partial charge >= 0.3 is 18.9 Å². The molecule has 0 fully saturated rings. The monoisotopic (exact) mass is 633 g/mol. The molecule has 0 unspecified atom stereocenters. The lowest BCUT2D eigenvalue weighted by Gasteiger charge is -2.18. The number of nitrogens with one attached hydrogen (secondary N) is 1. The number of fused-ring (bicyclic) bond motifs is 1. The topological polar surface area (TPSA) is 130 Å². The number of rotatable bonds is 7. The second-order valence-corrected chi connectivity index (χ2v) is 9.08. The van der Waals surface area contributed by atoms with Crippen LogP contribution in [-0.2, 0) is 4.79 Å². The molecule has 4 aromatic rings. The summed E-state index contributed by atoms with van der Waals surface area (Å²) >= 11 is 0. The summed E-state index contributed by atoms with van der Waals surface area (Å²) in [5.74, 6) is -2.53. The van der Waals surface area contributed by atoms with Crippen molar-refractivity contribution in [2.24, 2.45) is 5.10 Å². The van der Waals surface area contributed by atoms with Gasteiger partial charge in [0.2, 0.25) is 0 Å².